The van der Waals surface area contributed by atoms with E-state index in [1.807, 2.05) is 6.07 Å². The summed E-state index contributed by atoms with van der Waals surface area (Å²) in [6, 6.07) is 6.88. The van der Waals surface area contributed by atoms with Gasteiger partial charge in [-0.1, -0.05) is 36.7 Å². The number of rotatable bonds is 7. The molecule has 3 aromatic rings. The van der Waals surface area contributed by atoms with Crippen LogP contribution in [0.25, 0.3) is 0 Å². The number of aromatic nitrogens is 1. The van der Waals surface area contributed by atoms with Crippen LogP contribution in [-0.4, -0.2) is 40.7 Å². The van der Waals surface area contributed by atoms with Gasteiger partial charge < -0.3 is 5.32 Å². The van der Waals surface area contributed by atoms with Crippen LogP contribution in [0.4, 0.5) is 29.1 Å². The van der Waals surface area contributed by atoms with Gasteiger partial charge >= 0.3 is 0 Å². The molecular formula is C30H25Cl2F4N5O3. The minimum absolute atomic E-state index is 0. The van der Waals surface area contributed by atoms with Crippen LogP contribution in [0.1, 0.15) is 50.3 Å². The van der Waals surface area contributed by atoms with Crippen molar-refractivity contribution < 1.29 is 31.9 Å². The smallest absolute Gasteiger partial charge is 0.252 e. The zero-order chi connectivity index (χ0) is 31.1. The van der Waals surface area contributed by atoms with Crippen molar-refractivity contribution in [3.8, 4) is 6.07 Å². The normalized spacial score (nSPS) is 18.1. The first-order valence-electron chi connectivity index (χ1n) is 13.0. The van der Waals surface area contributed by atoms with E-state index >= 15 is 0 Å². The maximum absolute atomic E-state index is 14.6. The SMILES string of the molecule is C.N#Cc1ccnc(N2C(=O)CC[C@H]2C(=O)N(c2cc(F)cc(F)c2)[C@H](C(=O)NC2CC(F)(F)C2)c2c(Cl)cccc2Cl)c1. The Bertz CT molecular complexity index is 1620. The number of hydrogen-bond donors (Lipinski definition) is 1. The van der Waals surface area contributed by atoms with Gasteiger partial charge in [0.1, 0.15) is 29.5 Å². The molecule has 2 fully saturated rings. The lowest BCUT2D eigenvalue weighted by Crippen LogP contribution is -2.56. The van der Waals surface area contributed by atoms with Crippen molar-refractivity contribution in [2.45, 2.75) is 57.2 Å². The summed E-state index contributed by atoms with van der Waals surface area (Å²) in [5.41, 5.74) is -0.402. The molecule has 0 spiro atoms. The number of nitriles is 1. The molecule has 0 unspecified atom stereocenters. The second-order valence-electron chi connectivity index (χ2n) is 10.2. The molecule has 230 valence electrons. The highest BCUT2D eigenvalue weighted by Crippen LogP contribution is 2.41. The largest absolute Gasteiger partial charge is 0.351 e. The monoisotopic (exact) mass is 649 g/mol. The van der Waals surface area contributed by atoms with E-state index in [4.69, 9.17) is 23.2 Å². The number of halogens is 6. The zero-order valence-electron chi connectivity index (χ0n) is 22.0. The summed E-state index contributed by atoms with van der Waals surface area (Å²) in [5.74, 6) is -7.67. The molecule has 1 N–H and O–H groups in total. The van der Waals surface area contributed by atoms with Crippen LogP contribution >= 0.6 is 23.2 Å². The molecule has 44 heavy (non-hydrogen) atoms. The number of alkyl halides is 2. The predicted octanol–water partition coefficient (Wildman–Crippen LogP) is 6.36. The maximum Gasteiger partial charge on any atom is 0.252 e. The number of nitrogens with zero attached hydrogens (tertiary/aromatic N) is 4. The Morgan fingerprint density at radius 1 is 1.09 bits per heavy atom. The fraction of sp³-hybridized carbons (Fsp3) is 0.300. The molecule has 0 radical (unpaired) electrons. The molecule has 14 heteroatoms. The van der Waals surface area contributed by atoms with Crippen molar-refractivity contribution in [3.05, 3.63) is 87.5 Å². The highest BCUT2D eigenvalue weighted by molar-refractivity contribution is 6.36. The maximum atomic E-state index is 14.6. The van der Waals surface area contributed by atoms with Gasteiger partial charge in [-0.05, 0) is 42.8 Å². The fourth-order valence-electron chi connectivity index (χ4n) is 5.26. The van der Waals surface area contributed by atoms with Gasteiger partial charge in [0.05, 0.1) is 17.3 Å². The van der Waals surface area contributed by atoms with Crippen molar-refractivity contribution in [3.63, 3.8) is 0 Å². The Morgan fingerprint density at radius 3 is 2.32 bits per heavy atom. The standard InChI is InChI=1S/C29H21Cl2F4N5O3.CH4/c30-20-2-1-3-21(31)25(20)26(27(42)38-18-12-29(34,35)13-18)39(19-10-16(32)9-17(33)11-19)28(43)22-4-5-24(41)40(22)23-8-15(14-36)6-7-37-23;/h1-3,6-11,18,22,26H,4-5,12-13H2,(H,38,42);1H4/t22-,26-;/m0./s1. The Kier molecular flexibility index (Phi) is 9.51. The molecule has 1 aliphatic heterocycles. The van der Waals surface area contributed by atoms with E-state index in [0.29, 0.717) is 6.07 Å². The predicted molar refractivity (Wildman–Crippen MR) is 155 cm³/mol. The number of anilines is 2. The number of nitrogens with one attached hydrogen (secondary N) is 1. The second kappa shape index (κ2) is 12.8. The number of amides is 3. The highest BCUT2D eigenvalue weighted by atomic mass is 35.5. The van der Waals surface area contributed by atoms with Gasteiger partial charge in [0.2, 0.25) is 11.8 Å². The van der Waals surface area contributed by atoms with Gasteiger partial charge in [-0.2, -0.15) is 5.26 Å². The summed E-state index contributed by atoms with van der Waals surface area (Å²) in [4.78, 5) is 47.3. The third kappa shape index (κ3) is 6.49. The number of carbonyl (C=O) groups is 3. The first-order valence-corrected chi connectivity index (χ1v) is 13.7. The topological polar surface area (TPSA) is 106 Å². The van der Waals surface area contributed by atoms with Gasteiger partial charge in [0.25, 0.3) is 11.8 Å². The van der Waals surface area contributed by atoms with Crippen LogP contribution < -0.4 is 15.1 Å². The summed E-state index contributed by atoms with van der Waals surface area (Å²) >= 11 is 12.9. The molecule has 2 aromatic carbocycles. The van der Waals surface area contributed by atoms with Crippen LogP contribution in [0.2, 0.25) is 10.0 Å². The van der Waals surface area contributed by atoms with E-state index in [2.05, 4.69) is 10.3 Å². The van der Waals surface area contributed by atoms with E-state index in [1.54, 1.807) is 0 Å². The lowest BCUT2D eigenvalue weighted by atomic mass is 9.87. The highest BCUT2D eigenvalue weighted by Gasteiger charge is 2.49. The Morgan fingerprint density at radius 2 is 1.73 bits per heavy atom. The first-order chi connectivity index (χ1) is 20.4. The molecule has 0 bridgehead atoms. The quantitative estimate of drug-likeness (QED) is 0.300. The molecule has 2 heterocycles. The fourth-order valence-corrected chi connectivity index (χ4v) is 5.86. The van der Waals surface area contributed by atoms with E-state index in [0.717, 1.165) is 21.9 Å². The van der Waals surface area contributed by atoms with Crippen LogP contribution in [0.15, 0.2) is 54.7 Å². The van der Waals surface area contributed by atoms with Crippen molar-refractivity contribution >= 4 is 52.4 Å². The van der Waals surface area contributed by atoms with Gasteiger partial charge in [-0.3, -0.25) is 24.2 Å². The molecule has 8 nitrogen and oxygen atoms in total. The van der Waals surface area contributed by atoms with E-state index in [-0.39, 0.29) is 47.3 Å². The van der Waals surface area contributed by atoms with Crippen molar-refractivity contribution in [1.29, 1.82) is 5.26 Å². The van der Waals surface area contributed by atoms with Crippen LogP contribution in [0.5, 0.6) is 0 Å². The number of benzene rings is 2. The average Bonchev–Trinajstić information content (AvgIpc) is 3.31. The summed E-state index contributed by atoms with van der Waals surface area (Å²) < 4.78 is 56.4. The Labute approximate surface area is 260 Å². The van der Waals surface area contributed by atoms with E-state index in [1.165, 1.54) is 36.5 Å². The second-order valence-corrected chi connectivity index (χ2v) is 11.0. The zero-order valence-corrected chi connectivity index (χ0v) is 23.5. The molecule has 3 amide bonds. The van der Waals surface area contributed by atoms with E-state index < -0.39 is 71.9 Å². The van der Waals surface area contributed by atoms with Crippen molar-refractivity contribution in [2.24, 2.45) is 0 Å². The number of pyridine rings is 1. The third-order valence-electron chi connectivity index (χ3n) is 7.20. The van der Waals surface area contributed by atoms with Crippen LogP contribution in [0.3, 0.4) is 0 Å². The molecule has 1 saturated carbocycles. The van der Waals surface area contributed by atoms with Crippen LogP contribution in [0, 0.1) is 23.0 Å². The summed E-state index contributed by atoms with van der Waals surface area (Å²) in [6.45, 7) is 0. The minimum atomic E-state index is -2.99. The summed E-state index contributed by atoms with van der Waals surface area (Å²) in [5, 5.41) is 11.6. The van der Waals surface area contributed by atoms with Gasteiger partial charge in [0.15, 0.2) is 0 Å². The lowest BCUT2D eigenvalue weighted by molar-refractivity contribution is -0.133. The molecule has 5 rings (SSSR count). The van der Waals surface area contributed by atoms with Crippen LogP contribution in [-0.2, 0) is 14.4 Å². The van der Waals surface area contributed by atoms with Crippen molar-refractivity contribution in [2.75, 3.05) is 9.80 Å². The number of carbonyl (C=O) groups excluding carboxylic acids is 3. The molecule has 1 aromatic heterocycles. The minimum Gasteiger partial charge on any atom is -0.351 e. The Balaban J connectivity index is 0.00000442. The van der Waals surface area contributed by atoms with E-state index in [9.17, 15) is 37.2 Å². The summed E-state index contributed by atoms with van der Waals surface area (Å²) in [6.07, 6.45) is -0.244. The Hall–Kier alpha value is -4.21. The van der Waals surface area contributed by atoms with Gasteiger partial charge in [-0.15, -0.1) is 0 Å². The number of hydrogen-bond acceptors (Lipinski definition) is 5. The molecule has 1 aliphatic carbocycles. The van der Waals surface area contributed by atoms with Crippen molar-refractivity contribution in [1.82, 2.24) is 10.3 Å². The molecule has 1 saturated heterocycles. The average molecular weight is 650 g/mol. The van der Waals surface area contributed by atoms with Gasteiger partial charge in [0, 0.05) is 53.2 Å². The first kappa shape index (κ1) is 32.7. The molecule has 2 atom stereocenters. The summed E-state index contributed by atoms with van der Waals surface area (Å²) in [7, 11) is 0. The third-order valence-corrected chi connectivity index (χ3v) is 7.86. The molecule has 2 aliphatic rings. The van der Waals surface area contributed by atoms with Gasteiger partial charge in [-0.25, -0.2) is 22.5 Å². The lowest BCUT2D eigenvalue weighted by Gasteiger charge is -2.39. The molecular weight excluding hydrogens is 625 g/mol.